The smallest absolute Gasteiger partial charge is 0.407 e. The number of hydrogen-bond acceptors (Lipinski definition) is 14. The van der Waals surface area contributed by atoms with Crippen LogP contribution in [0.4, 0.5) is 9.59 Å². The quantitative estimate of drug-likeness (QED) is 0.0407. The average molecular weight is 739 g/mol. The summed E-state index contributed by atoms with van der Waals surface area (Å²) >= 11 is 0. The molecule has 0 spiro atoms. The first-order chi connectivity index (χ1) is 24.8. The van der Waals surface area contributed by atoms with Crippen LogP contribution < -0.4 is 21.3 Å². The van der Waals surface area contributed by atoms with Crippen molar-refractivity contribution in [2.45, 2.75) is 64.8 Å². The number of carbonyl (C=O) groups excluding carboxylic acids is 5. The van der Waals surface area contributed by atoms with E-state index < -0.39 is 30.1 Å². The summed E-state index contributed by atoms with van der Waals surface area (Å²) in [6.07, 6.45) is 4.10. The maximum atomic E-state index is 12.3. The van der Waals surface area contributed by atoms with E-state index in [0.717, 1.165) is 25.7 Å². The van der Waals surface area contributed by atoms with Gasteiger partial charge in [0.25, 0.3) is 0 Å². The fourth-order valence-corrected chi connectivity index (χ4v) is 3.76. The molecule has 0 bridgehead atoms. The van der Waals surface area contributed by atoms with Gasteiger partial charge in [0.2, 0.25) is 11.8 Å². The zero-order chi connectivity index (χ0) is 37.6. The molecule has 1 atom stereocenters. The molecular weight excluding hydrogens is 676 g/mol. The van der Waals surface area contributed by atoms with E-state index in [4.69, 9.17) is 42.6 Å². The van der Waals surface area contributed by atoms with Crippen LogP contribution in [0.15, 0.2) is 0 Å². The van der Waals surface area contributed by atoms with Gasteiger partial charge in [0, 0.05) is 19.6 Å². The Morgan fingerprint density at radius 2 is 0.941 bits per heavy atom. The molecule has 0 unspecified atom stereocenters. The normalized spacial score (nSPS) is 11.4. The van der Waals surface area contributed by atoms with Crippen LogP contribution in [0.5, 0.6) is 0 Å². The van der Waals surface area contributed by atoms with Gasteiger partial charge in [0.1, 0.15) is 19.3 Å². The molecule has 18 heteroatoms. The SMILES string of the molecule is CCCCOC(=O)NCCOCCOCCOCC(=O)NCCCC[C@H](NC(=O)COCCOCCOCCNC(=O)OCCCC)C(=O)OC. The third-order valence-corrected chi connectivity index (χ3v) is 6.51. The fourth-order valence-electron chi connectivity index (χ4n) is 3.76. The van der Waals surface area contributed by atoms with Crippen molar-refractivity contribution in [1.82, 2.24) is 21.3 Å². The van der Waals surface area contributed by atoms with Gasteiger partial charge in [-0.3, -0.25) is 9.59 Å². The number of ether oxygens (including phenoxy) is 9. The van der Waals surface area contributed by atoms with Crippen molar-refractivity contribution in [3.63, 3.8) is 0 Å². The zero-order valence-electron chi connectivity index (χ0n) is 30.8. The lowest BCUT2D eigenvalue weighted by Gasteiger charge is -2.16. The molecule has 0 aliphatic carbocycles. The van der Waals surface area contributed by atoms with Crippen LogP contribution >= 0.6 is 0 Å². The van der Waals surface area contributed by atoms with Crippen molar-refractivity contribution in [3.8, 4) is 0 Å². The van der Waals surface area contributed by atoms with Gasteiger partial charge in [0.05, 0.1) is 86.4 Å². The van der Waals surface area contributed by atoms with E-state index in [1.807, 2.05) is 13.8 Å². The number of alkyl carbamates (subject to hydrolysis) is 2. The topological polar surface area (TPSA) is 217 Å². The molecule has 0 saturated carbocycles. The summed E-state index contributed by atoms with van der Waals surface area (Å²) < 4.78 is 46.8. The lowest BCUT2D eigenvalue weighted by molar-refractivity contribution is -0.146. The molecule has 0 aromatic carbocycles. The highest BCUT2D eigenvalue weighted by molar-refractivity contribution is 5.85. The Balaban J connectivity index is 3.73. The molecule has 0 radical (unpaired) electrons. The Morgan fingerprint density at radius 1 is 0.490 bits per heavy atom. The van der Waals surface area contributed by atoms with Crippen molar-refractivity contribution >= 4 is 30.0 Å². The second-order valence-corrected chi connectivity index (χ2v) is 10.9. The first kappa shape index (κ1) is 47.7. The molecule has 0 rings (SSSR count). The Morgan fingerprint density at radius 3 is 1.41 bits per heavy atom. The maximum absolute atomic E-state index is 12.3. The van der Waals surface area contributed by atoms with Crippen LogP contribution in [0.1, 0.15) is 58.8 Å². The average Bonchev–Trinajstić information content (AvgIpc) is 3.12. The van der Waals surface area contributed by atoms with Gasteiger partial charge in [-0.1, -0.05) is 26.7 Å². The lowest BCUT2D eigenvalue weighted by atomic mass is 10.1. The minimum absolute atomic E-state index is 0.115. The van der Waals surface area contributed by atoms with Crippen molar-refractivity contribution in [3.05, 3.63) is 0 Å². The molecule has 0 heterocycles. The van der Waals surface area contributed by atoms with E-state index in [2.05, 4.69) is 21.3 Å². The third kappa shape index (κ3) is 33.6. The van der Waals surface area contributed by atoms with E-state index in [9.17, 15) is 24.0 Å². The molecule has 0 saturated heterocycles. The standard InChI is InChI=1S/C33H62N4O14/c1-4-6-14-50-32(41)35-12-16-44-18-20-46-22-24-48-26-29(38)34-11-9-8-10-28(31(40)43-3)37-30(39)27-49-25-23-47-21-19-45-17-13-36-33(42)51-15-7-5-2/h28H,4-27H2,1-3H3,(H,34,38)(H,35,41)(H,36,42)(H,37,39)/t28-/m0/s1. The summed E-state index contributed by atoms with van der Waals surface area (Å²) in [6, 6.07) is -0.840. The molecular formula is C33H62N4O14. The molecule has 0 aliphatic rings. The molecule has 51 heavy (non-hydrogen) atoms. The highest BCUT2D eigenvalue weighted by Gasteiger charge is 2.21. The van der Waals surface area contributed by atoms with Crippen LogP contribution in [0.3, 0.4) is 0 Å². The van der Waals surface area contributed by atoms with Crippen LogP contribution in [0.25, 0.3) is 0 Å². The van der Waals surface area contributed by atoms with Crippen molar-refractivity contribution < 1.29 is 66.6 Å². The summed E-state index contributed by atoms with van der Waals surface area (Å²) in [5.74, 6) is -1.32. The number of amides is 4. The number of carbonyl (C=O) groups is 5. The predicted octanol–water partition coefficient (Wildman–Crippen LogP) is 1.08. The number of hydrogen-bond donors (Lipinski definition) is 4. The van der Waals surface area contributed by atoms with Crippen molar-refractivity contribution in [2.75, 3.05) is 119 Å². The highest BCUT2D eigenvalue weighted by atomic mass is 16.6. The van der Waals surface area contributed by atoms with Gasteiger partial charge < -0.3 is 63.9 Å². The minimum atomic E-state index is -0.840. The summed E-state index contributed by atoms with van der Waals surface area (Å²) in [5, 5.41) is 10.5. The molecule has 4 amide bonds. The number of rotatable bonds is 35. The summed E-state index contributed by atoms with van der Waals surface area (Å²) in [5.41, 5.74) is 0. The van der Waals surface area contributed by atoms with Gasteiger partial charge in [-0.25, -0.2) is 14.4 Å². The largest absolute Gasteiger partial charge is 0.467 e. The molecule has 0 aliphatic heterocycles. The van der Waals surface area contributed by atoms with Gasteiger partial charge in [-0.15, -0.1) is 0 Å². The zero-order valence-corrected chi connectivity index (χ0v) is 30.8. The lowest BCUT2D eigenvalue weighted by Crippen LogP contribution is -2.43. The van der Waals surface area contributed by atoms with Crippen LogP contribution in [0, 0.1) is 0 Å². The molecule has 18 nitrogen and oxygen atoms in total. The minimum Gasteiger partial charge on any atom is -0.467 e. The fraction of sp³-hybridized carbons (Fsp3) is 0.848. The number of esters is 1. The molecule has 4 N–H and O–H groups in total. The van der Waals surface area contributed by atoms with Crippen LogP contribution in [0.2, 0.25) is 0 Å². The van der Waals surface area contributed by atoms with E-state index in [0.29, 0.717) is 98.4 Å². The molecule has 0 aromatic heterocycles. The predicted molar refractivity (Wildman–Crippen MR) is 184 cm³/mol. The van der Waals surface area contributed by atoms with Gasteiger partial charge >= 0.3 is 18.2 Å². The van der Waals surface area contributed by atoms with Gasteiger partial charge in [-0.05, 0) is 32.1 Å². The summed E-state index contributed by atoms with van der Waals surface area (Å²) in [7, 11) is 1.24. The third-order valence-electron chi connectivity index (χ3n) is 6.51. The van der Waals surface area contributed by atoms with Crippen molar-refractivity contribution in [2.24, 2.45) is 0 Å². The second-order valence-electron chi connectivity index (χ2n) is 10.9. The van der Waals surface area contributed by atoms with Gasteiger partial charge in [0.15, 0.2) is 0 Å². The molecule has 0 aromatic rings. The van der Waals surface area contributed by atoms with E-state index >= 15 is 0 Å². The van der Waals surface area contributed by atoms with E-state index in [1.54, 1.807) is 0 Å². The summed E-state index contributed by atoms with van der Waals surface area (Å²) in [6.45, 7) is 8.51. The first-order valence-corrected chi connectivity index (χ1v) is 17.8. The first-order valence-electron chi connectivity index (χ1n) is 17.8. The number of unbranched alkanes of at least 4 members (excludes halogenated alkanes) is 3. The Kier molecular flexibility index (Phi) is 34.1. The maximum Gasteiger partial charge on any atom is 0.407 e. The van der Waals surface area contributed by atoms with E-state index in [1.165, 1.54) is 7.11 Å². The number of methoxy groups -OCH3 is 1. The van der Waals surface area contributed by atoms with E-state index in [-0.39, 0.29) is 38.9 Å². The van der Waals surface area contributed by atoms with Crippen molar-refractivity contribution in [1.29, 1.82) is 0 Å². The molecule has 0 fully saturated rings. The Bertz CT molecular complexity index is 900. The Hall–Kier alpha value is -3.29. The van der Waals surface area contributed by atoms with Gasteiger partial charge in [-0.2, -0.15) is 0 Å². The van der Waals surface area contributed by atoms with Crippen LogP contribution in [-0.2, 0) is 57.0 Å². The highest BCUT2D eigenvalue weighted by Crippen LogP contribution is 2.03. The summed E-state index contributed by atoms with van der Waals surface area (Å²) in [4.78, 5) is 59.1. The molecule has 298 valence electrons. The van der Waals surface area contributed by atoms with Crippen LogP contribution in [-0.4, -0.2) is 155 Å². The second kappa shape index (κ2) is 36.5. The Labute approximate surface area is 301 Å². The number of nitrogens with one attached hydrogen (secondary N) is 4. The monoisotopic (exact) mass is 738 g/mol.